The zero-order valence-electron chi connectivity index (χ0n) is 22.9. The van der Waals surface area contributed by atoms with Crippen LogP contribution >= 0.6 is 11.6 Å². The number of aliphatic hydroxyl groups is 4. The quantitative estimate of drug-likeness (QED) is 0.175. The van der Waals surface area contributed by atoms with Gasteiger partial charge in [-0.25, -0.2) is 4.79 Å². The Bertz CT molecular complexity index is 1020. The van der Waals surface area contributed by atoms with E-state index in [1.54, 1.807) is 27.7 Å². The van der Waals surface area contributed by atoms with Gasteiger partial charge in [-0.1, -0.05) is 20.8 Å². The molecule has 3 aliphatic carbocycles. The molecule has 10 atom stereocenters. The van der Waals surface area contributed by atoms with Gasteiger partial charge in [-0.2, -0.15) is 0 Å². The molecule has 0 aromatic rings. The van der Waals surface area contributed by atoms with Gasteiger partial charge >= 0.3 is 11.9 Å². The molecule has 214 valence electrons. The number of carbonyl (C=O) groups is 3. The van der Waals surface area contributed by atoms with Crippen molar-refractivity contribution in [2.24, 2.45) is 23.2 Å². The minimum atomic E-state index is -1.68. The van der Waals surface area contributed by atoms with Crippen LogP contribution in [0.5, 0.6) is 0 Å². The second kappa shape index (κ2) is 13.1. The van der Waals surface area contributed by atoms with Gasteiger partial charge in [0, 0.05) is 119 Å². The molecular weight excluding hydrogens is 962 g/mol. The zero-order valence-corrected chi connectivity index (χ0v) is 33.2. The summed E-state index contributed by atoms with van der Waals surface area (Å²) in [5, 5.41) is 45.9. The number of ketones is 1. The number of carbonyl (C=O) groups excluding carboxylic acids is 3. The summed E-state index contributed by atoms with van der Waals surface area (Å²) in [6.45, 7) is 8.15. The van der Waals surface area contributed by atoms with Gasteiger partial charge in [0.1, 0.15) is 23.7 Å². The number of rotatable bonds is 5. The third kappa shape index (κ3) is 6.03. The molecule has 13 heteroatoms. The number of fused-ring (bicyclic) bond motifs is 5. The maximum atomic E-state index is 13.8. The van der Waals surface area contributed by atoms with Crippen LogP contribution in [-0.4, -0.2) is 92.4 Å². The summed E-state index contributed by atoms with van der Waals surface area (Å²) in [6, 6.07) is 0. The number of aliphatic hydroxyl groups excluding tert-OH is 2. The number of Topliss-reactive ketones (excluding diaryl/α,β-unsaturated/α-hetero) is 1. The smallest absolute Gasteiger partial charge is 0.348 e. The standard InChI is InChI=1S/C26H37ClO10.2Ac/c1-11(2)20(37-18(29)9-27)23(32)36-15-8-25(33)7-14(12(15)3)19(30)22(31)24(5)16(28)6-17-26(34,10-35-17)21(24)13(25)4;;/h11,13,15-17,19-21,28,30,33-34H,6-10H2,1-5H3;;/t13-,15-,16-,17+,19+,20+,21-,24+,25+,26-;;/m0../s1. The summed E-state index contributed by atoms with van der Waals surface area (Å²) in [5.41, 5.74) is -3.99. The Labute approximate surface area is 305 Å². The average Bonchev–Trinajstić information content (AvgIpc) is 2.83. The molecule has 1 saturated heterocycles. The Balaban J connectivity index is 0.00000267. The van der Waals surface area contributed by atoms with Crippen molar-refractivity contribution in [1.29, 1.82) is 0 Å². The van der Waals surface area contributed by atoms with Crippen LogP contribution in [0.25, 0.3) is 0 Å². The first-order valence-electron chi connectivity index (χ1n) is 12.7. The van der Waals surface area contributed by atoms with Crippen molar-refractivity contribution in [2.75, 3.05) is 12.5 Å². The Kier molecular flexibility index (Phi) is 12.3. The van der Waals surface area contributed by atoms with E-state index in [9.17, 15) is 34.8 Å². The van der Waals surface area contributed by atoms with E-state index < -0.39 is 88.5 Å². The molecule has 4 aliphatic rings. The van der Waals surface area contributed by atoms with Crippen LogP contribution in [0.2, 0.25) is 0 Å². The second-order valence-electron chi connectivity index (χ2n) is 11.8. The molecule has 2 radical (unpaired) electrons. The van der Waals surface area contributed by atoms with Gasteiger partial charge in [0.05, 0.1) is 29.8 Å². The first-order valence-corrected chi connectivity index (χ1v) is 13.3. The van der Waals surface area contributed by atoms with Gasteiger partial charge in [0.15, 0.2) is 5.78 Å². The van der Waals surface area contributed by atoms with Crippen LogP contribution in [0.4, 0.5) is 0 Å². The second-order valence-corrected chi connectivity index (χ2v) is 12.0. The summed E-state index contributed by atoms with van der Waals surface area (Å²) in [6.07, 6.45) is -5.96. The molecule has 0 amide bonds. The van der Waals surface area contributed by atoms with E-state index in [0.717, 1.165) is 0 Å². The van der Waals surface area contributed by atoms with Crippen molar-refractivity contribution in [2.45, 2.75) is 95.6 Å². The van der Waals surface area contributed by atoms with Crippen molar-refractivity contribution in [3.05, 3.63) is 11.1 Å². The number of hydrogen-bond donors (Lipinski definition) is 4. The predicted octanol–water partition coefficient (Wildman–Crippen LogP) is 0.643. The van der Waals surface area contributed by atoms with Crippen molar-refractivity contribution in [3.8, 4) is 0 Å². The van der Waals surface area contributed by atoms with Crippen molar-refractivity contribution >= 4 is 29.3 Å². The minimum Gasteiger partial charge on any atom is -0.455 e. The van der Waals surface area contributed by atoms with E-state index in [0.29, 0.717) is 5.57 Å². The first-order chi connectivity index (χ1) is 17.1. The van der Waals surface area contributed by atoms with E-state index in [4.69, 9.17) is 25.8 Å². The molecule has 3 fully saturated rings. The summed E-state index contributed by atoms with van der Waals surface area (Å²) in [4.78, 5) is 38.6. The summed E-state index contributed by atoms with van der Waals surface area (Å²) in [7, 11) is 0. The van der Waals surface area contributed by atoms with E-state index in [2.05, 4.69) is 0 Å². The SMILES string of the molecule is CC1=C2C[C@@](O)(C[C@@H]1OC(=O)[C@H](OC(=O)CCl)C(C)C)[C@@H](C)[C@@H]1[C@]3(O)CO[C@@H]3C[C@H](O)[C@@]1(C)C(=O)[C@@H]2O.[Ac].[Ac]. The largest absolute Gasteiger partial charge is 0.455 e. The van der Waals surface area contributed by atoms with E-state index in [-0.39, 0.29) is 120 Å². The maximum absolute atomic E-state index is 13.8. The molecule has 10 nitrogen and oxygen atoms in total. The summed E-state index contributed by atoms with van der Waals surface area (Å²) < 4.78 is 16.4. The van der Waals surface area contributed by atoms with Gasteiger partial charge in [0.2, 0.25) is 6.10 Å². The minimum absolute atomic E-state index is 0. The van der Waals surface area contributed by atoms with Gasteiger partial charge in [0.25, 0.3) is 0 Å². The Morgan fingerprint density at radius 1 is 1.21 bits per heavy atom. The zero-order chi connectivity index (χ0) is 27.7. The third-order valence-corrected chi connectivity index (χ3v) is 9.55. The molecule has 0 aromatic heterocycles. The Morgan fingerprint density at radius 3 is 2.33 bits per heavy atom. The monoisotopic (exact) mass is 998 g/mol. The van der Waals surface area contributed by atoms with Crippen LogP contribution in [0.1, 0.15) is 53.9 Å². The summed E-state index contributed by atoms with van der Waals surface area (Å²) in [5.74, 6) is -4.82. The molecule has 4 rings (SSSR count). The molecule has 2 saturated carbocycles. The van der Waals surface area contributed by atoms with Gasteiger partial charge in [-0.05, 0) is 30.9 Å². The number of halogens is 1. The van der Waals surface area contributed by atoms with E-state index in [1.165, 1.54) is 6.92 Å². The number of ether oxygens (including phenoxy) is 3. The molecule has 2 bridgehead atoms. The van der Waals surface area contributed by atoms with Gasteiger partial charge in [-0.15, -0.1) is 11.6 Å². The Hall–Kier alpha value is 1.32. The average molecular weight is 999 g/mol. The first kappa shape index (κ1) is 36.5. The summed E-state index contributed by atoms with van der Waals surface area (Å²) >= 11 is 5.52. The van der Waals surface area contributed by atoms with E-state index >= 15 is 0 Å². The van der Waals surface area contributed by atoms with Crippen LogP contribution in [-0.2, 0) is 28.6 Å². The molecule has 0 spiro atoms. The molecule has 4 N–H and O–H groups in total. The Morgan fingerprint density at radius 2 is 1.82 bits per heavy atom. The number of hydrogen-bond acceptors (Lipinski definition) is 10. The number of alkyl halides is 1. The molecule has 1 aliphatic heterocycles. The fourth-order valence-electron chi connectivity index (χ4n) is 6.99. The molecule has 0 aromatic carbocycles. The fourth-order valence-corrected chi connectivity index (χ4v) is 7.05. The maximum Gasteiger partial charge on any atom is 0.348 e. The molecule has 0 unspecified atom stereocenters. The third-order valence-electron chi connectivity index (χ3n) is 9.33. The molecule has 1 heterocycles. The molecular formula is C26H37Ac2ClO10. The molecule has 39 heavy (non-hydrogen) atoms. The van der Waals surface area contributed by atoms with Crippen LogP contribution in [0.15, 0.2) is 11.1 Å². The normalized spacial score (nSPS) is 41.9. The van der Waals surface area contributed by atoms with Crippen LogP contribution in [0, 0.1) is 111 Å². The number of esters is 2. The fraction of sp³-hybridized carbons (Fsp3) is 0.808. The van der Waals surface area contributed by atoms with Crippen molar-refractivity contribution in [3.63, 3.8) is 0 Å². The predicted molar refractivity (Wildman–Crippen MR) is 129 cm³/mol. The van der Waals surface area contributed by atoms with Gasteiger partial charge < -0.3 is 34.6 Å². The van der Waals surface area contributed by atoms with Crippen LogP contribution in [0.3, 0.4) is 0 Å². The van der Waals surface area contributed by atoms with Crippen molar-refractivity contribution in [1.82, 2.24) is 0 Å². The van der Waals surface area contributed by atoms with Crippen molar-refractivity contribution < 1.29 is 137 Å². The topological polar surface area (TPSA) is 160 Å². The van der Waals surface area contributed by atoms with Gasteiger partial charge in [-0.3, -0.25) is 9.59 Å². The van der Waals surface area contributed by atoms with Crippen LogP contribution < -0.4 is 0 Å². The van der Waals surface area contributed by atoms with E-state index in [1.807, 2.05) is 0 Å².